The Morgan fingerprint density at radius 1 is 1.07 bits per heavy atom. The van der Waals surface area contributed by atoms with Crippen molar-refractivity contribution in [2.24, 2.45) is 5.73 Å². The largest absolute Gasteiger partial charge is 0.385 e. The molecule has 2 aromatic rings. The highest BCUT2D eigenvalue weighted by Crippen LogP contribution is 2.33. The molecule has 0 saturated heterocycles. The smallest absolute Gasteiger partial charge is 0.100 e. The first-order valence-electron chi connectivity index (χ1n) is 9.66. The zero-order valence-electron chi connectivity index (χ0n) is 17.6. The van der Waals surface area contributed by atoms with E-state index >= 15 is 0 Å². The third-order valence-electron chi connectivity index (χ3n) is 5.16. The molecule has 27 heavy (non-hydrogen) atoms. The Bertz CT molecular complexity index is 849. The molecule has 0 aromatic heterocycles. The van der Waals surface area contributed by atoms with Crippen molar-refractivity contribution in [1.29, 1.82) is 0 Å². The standard InChI is InChI=1S/C24H33N3/c1-8-20-15-21(13-11-17(20)4)23(9-2)27(19(6)25)22-14-12-18(5)24(16-22)26(7)10-3/h9,11-16H,6,8,10,25H2,1-5,7H3/b23-9-. The molecule has 2 rings (SSSR count). The van der Waals surface area contributed by atoms with Crippen molar-refractivity contribution in [3.63, 3.8) is 0 Å². The second-order valence-electron chi connectivity index (χ2n) is 6.98. The van der Waals surface area contributed by atoms with Crippen LogP contribution >= 0.6 is 0 Å². The van der Waals surface area contributed by atoms with E-state index in [1.165, 1.54) is 22.4 Å². The van der Waals surface area contributed by atoms with Crippen LogP contribution in [0.2, 0.25) is 0 Å². The molecule has 0 bridgehead atoms. The average molecular weight is 364 g/mol. The van der Waals surface area contributed by atoms with Crippen molar-refractivity contribution in [2.45, 2.75) is 41.0 Å². The molecule has 0 saturated carbocycles. The first-order chi connectivity index (χ1) is 12.8. The molecular formula is C24H33N3. The van der Waals surface area contributed by atoms with Gasteiger partial charge in [0.05, 0.1) is 5.70 Å². The van der Waals surface area contributed by atoms with E-state index in [9.17, 15) is 0 Å². The van der Waals surface area contributed by atoms with E-state index < -0.39 is 0 Å². The number of rotatable bonds is 7. The number of anilines is 2. The molecule has 3 heteroatoms. The molecular weight excluding hydrogens is 330 g/mol. The third kappa shape index (κ3) is 4.36. The van der Waals surface area contributed by atoms with Crippen LogP contribution in [0.25, 0.3) is 5.70 Å². The summed E-state index contributed by atoms with van der Waals surface area (Å²) in [6.07, 6.45) is 3.11. The lowest BCUT2D eigenvalue weighted by molar-refractivity contribution is 0.960. The summed E-state index contributed by atoms with van der Waals surface area (Å²) in [6, 6.07) is 13.0. The molecule has 0 unspecified atom stereocenters. The lowest BCUT2D eigenvalue weighted by Gasteiger charge is -2.30. The summed E-state index contributed by atoms with van der Waals surface area (Å²) in [6.45, 7) is 15.7. The summed E-state index contributed by atoms with van der Waals surface area (Å²) < 4.78 is 0. The Labute approximate surface area is 164 Å². The molecule has 0 aliphatic rings. The minimum Gasteiger partial charge on any atom is -0.385 e. The maximum Gasteiger partial charge on any atom is 0.100 e. The Morgan fingerprint density at radius 3 is 2.30 bits per heavy atom. The Balaban J connectivity index is 2.58. The fraction of sp³-hybridized carbons (Fsp3) is 0.333. The monoisotopic (exact) mass is 363 g/mol. The summed E-state index contributed by atoms with van der Waals surface area (Å²) >= 11 is 0. The van der Waals surface area contributed by atoms with Crippen LogP contribution in [-0.2, 0) is 6.42 Å². The van der Waals surface area contributed by atoms with Crippen molar-refractivity contribution < 1.29 is 0 Å². The van der Waals surface area contributed by atoms with Gasteiger partial charge in [0, 0.05) is 25.0 Å². The number of hydrogen-bond acceptors (Lipinski definition) is 3. The molecule has 0 atom stereocenters. The van der Waals surface area contributed by atoms with Crippen LogP contribution in [-0.4, -0.2) is 13.6 Å². The van der Waals surface area contributed by atoms with Crippen LogP contribution in [0.3, 0.4) is 0 Å². The zero-order chi connectivity index (χ0) is 20.1. The molecule has 0 aliphatic carbocycles. The molecule has 0 aliphatic heterocycles. The summed E-state index contributed by atoms with van der Waals surface area (Å²) in [4.78, 5) is 4.28. The van der Waals surface area contributed by atoms with Gasteiger partial charge in [-0.2, -0.15) is 0 Å². The quantitative estimate of drug-likeness (QED) is 0.693. The maximum absolute atomic E-state index is 6.26. The zero-order valence-corrected chi connectivity index (χ0v) is 17.6. The van der Waals surface area contributed by atoms with E-state index in [-0.39, 0.29) is 0 Å². The first kappa shape index (κ1) is 20.6. The van der Waals surface area contributed by atoms with E-state index in [1.54, 1.807) is 0 Å². The Morgan fingerprint density at radius 2 is 1.74 bits per heavy atom. The lowest BCUT2D eigenvalue weighted by Crippen LogP contribution is -2.26. The Kier molecular flexibility index (Phi) is 6.73. The third-order valence-corrected chi connectivity index (χ3v) is 5.16. The van der Waals surface area contributed by atoms with E-state index in [0.29, 0.717) is 5.82 Å². The molecule has 0 heterocycles. The molecule has 0 fully saturated rings. The van der Waals surface area contributed by atoms with Gasteiger partial charge in [-0.05, 0) is 74.6 Å². The highest BCUT2D eigenvalue weighted by atomic mass is 15.2. The SMILES string of the molecule is C=C(N)N(/C(=C\C)c1ccc(C)c(CC)c1)c1ccc(C)c(N(C)CC)c1. The maximum atomic E-state index is 6.26. The van der Waals surface area contributed by atoms with Crippen LogP contribution in [0.4, 0.5) is 11.4 Å². The molecule has 0 spiro atoms. The Hall–Kier alpha value is -2.68. The van der Waals surface area contributed by atoms with Gasteiger partial charge in [0.15, 0.2) is 0 Å². The van der Waals surface area contributed by atoms with Gasteiger partial charge in [-0.15, -0.1) is 0 Å². The highest BCUT2D eigenvalue weighted by molar-refractivity contribution is 5.84. The summed E-state index contributed by atoms with van der Waals surface area (Å²) in [7, 11) is 2.11. The van der Waals surface area contributed by atoms with E-state index in [1.807, 2.05) is 11.8 Å². The van der Waals surface area contributed by atoms with Crippen LogP contribution in [0.5, 0.6) is 0 Å². The van der Waals surface area contributed by atoms with Crippen molar-refractivity contribution in [3.8, 4) is 0 Å². The number of allylic oxidation sites excluding steroid dienone is 1. The molecule has 2 aromatic carbocycles. The van der Waals surface area contributed by atoms with Gasteiger partial charge >= 0.3 is 0 Å². The van der Waals surface area contributed by atoms with Crippen molar-refractivity contribution in [1.82, 2.24) is 0 Å². The average Bonchev–Trinajstić information content (AvgIpc) is 2.66. The van der Waals surface area contributed by atoms with E-state index in [0.717, 1.165) is 29.9 Å². The fourth-order valence-corrected chi connectivity index (χ4v) is 3.41. The van der Waals surface area contributed by atoms with Crippen LogP contribution in [0, 0.1) is 13.8 Å². The van der Waals surface area contributed by atoms with Gasteiger partial charge < -0.3 is 10.6 Å². The second-order valence-corrected chi connectivity index (χ2v) is 6.98. The van der Waals surface area contributed by atoms with Crippen LogP contribution in [0.15, 0.2) is 54.9 Å². The van der Waals surface area contributed by atoms with Gasteiger partial charge in [0.25, 0.3) is 0 Å². The van der Waals surface area contributed by atoms with Crippen LogP contribution < -0.4 is 15.5 Å². The minimum absolute atomic E-state index is 0.510. The van der Waals surface area contributed by atoms with Gasteiger partial charge in [0.1, 0.15) is 5.82 Å². The van der Waals surface area contributed by atoms with Gasteiger partial charge in [-0.25, -0.2) is 0 Å². The predicted octanol–water partition coefficient (Wildman–Crippen LogP) is 5.62. The lowest BCUT2D eigenvalue weighted by atomic mass is 10.00. The molecule has 2 N–H and O–H groups in total. The number of nitrogens with zero attached hydrogens (tertiary/aromatic N) is 2. The highest BCUT2D eigenvalue weighted by Gasteiger charge is 2.17. The van der Waals surface area contributed by atoms with Gasteiger partial charge in [-0.3, -0.25) is 4.90 Å². The molecule has 3 nitrogen and oxygen atoms in total. The molecule has 0 amide bonds. The fourth-order valence-electron chi connectivity index (χ4n) is 3.41. The van der Waals surface area contributed by atoms with E-state index in [2.05, 4.69) is 88.7 Å². The van der Waals surface area contributed by atoms with Crippen molar-refractivity contribution in [2.75, 3.05) is 23.4 Å². The van der Waals surface area contributed by atoms with Crippen molar-refractivity contribution in [3.05, 3.63) is 77.1 Å². The summed E-state index contributed by atoms with van der Waals surface area (Å²) in [5, 5.41) is 0. The predicted molar refractivity (Wildman–Crippen MR) is 120 cm³/mol. The number of benzene rings is 2. The minimum atomic E-state index is 0.510. The molecule has 144 valence electrons. The molecule has 0 radical (unpaired) electrons. The van der Waals surface area contributed by atoms with Gasteiger partial charge in [-0.1, -0.05) is 37.8 Å². The second kappa shape index (κ2) is 8.81. The van der Waals surface area contributed by atoms with Gasteiger partial charge in [0.2, 0.25) is 0 Å². The topological polar surface area (TPSA) is 32.5 Å². The normalized spacial score (nSPS) is 11.4. The number of aryl methyl sites for hydroxylation is 3. The summed E-state index contributed by atoms with van der Waals surface area (Å²) in [5.74, 6) is 0.510. The number of hydrogen-bond donors (Lipinski definition) is 1. The van der Waals surface area contributed by atoms with Crippen LogP contribution in [0.1, 0.15) is 43.0 Å². The van der Waals surface area contributed by atoms with Crippen molar-refractivity contribution >= 4 is 17.1 Å². The van der Waals surface area contributed by atoms with E-state index in [4.69, 9.17) is 5.73 Å². The summed E-state index contributed by atoms with van der Waals surface area (Å²) in [5.41, 5.74) is 14.6. The first-order valence-corrected chi connectivity index (χ1v) is 9.66. The number of nitrogens with two attached hydrogens (primary N) is 1.